The van der Waals surface area contributed by atoms with E-state index in [0.717, 1.165) is 36.9 Å². The average molecular weight is 495 g/mol. The molecule has 4 fully saturated rings. The van der Waals surface area contributed by atoms with Gasteiger partial charge in [-0.1, -0.05) is 25.1 Å². The molecular weight excluding hydrogens is 456 g/mol. The summed E-state index contributed by atoms with van der Waals surface area (Å²) in [5.41, 5.74) is 2.16. The van der Waals surface area contributed by atoms with Crippen LogP contribution < -0.4 is 5.43 Å². The van der Waals surface area contributed by atoms with Crippen molar-refractivity contribution in [3.05, 3.63) is 42.0 Å². The first-order valence-corrected chi connectivity index (χ1v) is 13.6. The molecule has 8 atom stereocenters. The van der Waals surface area contributed by atoms with Crippen LogP contribution in [-0.2, 0) is 9.53 Å². The van der Waals surface area contributed by atoms with Crippen molar-refractivity contribution in [1.82, 2.24) is 0 Å². The lowest BCUT2D eigenvalue weighted by atomic mass is 9.41. The van der Waals surface area contributed by atoms with Crippen LogP contribution in [0.2, 0.25) is 0 Å². The molecule has 1 aromatic carbocycles. The van der Waals surface area contributed by atoms with Gasteiger partial charge >= 0.3 is 5.97 Å². The van der Waals surface area contributed by atoms with E-state index in [0.29, 0.717) is 38.7 Å². The quantitative estimate of drug-likeness (QED) is 0.288. The summed E-state index contributed by atoms with van der Waals surface area (Å²) in [6, 6.07) is 9.77. The summed E-state index contributed by atoms with van der Waals surface area (Å²) < 4.78 is 5.24. The number of benzene rings is 1. The SMILES string of the molecule is CC12CC[C@H]3[C@@H](CCC4(O)C[C@H](O)CCC34/C=N\Nc3ccccc3)C1(O)CCC2C1=CC(=O)OC1. The van der Waals surface area contributed by atoms with Gasteiger partial charge in [0.25, 0.3) is 0 Å². The number of hydrazone groups is 1. The number of esters is 1. The van der Waals surface area contributed by atoms with Crippen molar-refractivity contribution in [1.29, 1.82) is 0 Å². The number of para-hydroxylation sites is 1. The van der Waals surface area contributed by atoms with Crippen LogP contribution in [0.3, 0.4) is 0 Å². The van der Waals surface area contributed by atoms with Crippen molar-refractivity contribution in [2.24, 2.45) is 33.7 Å². The van der Waals surface area contributed by atoms with Gasteiger partial charge in [-0.3, -0.25) is 5.43 Å². The molecule has 1 heterocycles. The Hall–Kier alpha value is -2.22. The maximum Gasteiger partial charge on any atom is 0.331 e. The molecule has 7 heteroatoms. The third-order valence-corrected chi connectivity index (χ3v) is 10.9. The Labute approximate surface area is 212 Å². The molecule has 7 nitrogen and oxygen atoms in total. The van der Waals surface area contributed by atoms with E-state index in [-0.39, 0.29) is 29.1 Å². The zero-order chi connectivity index (χ0) is 25.2. The fourth-order valence-corrected chi connectivity index (χ4v) is 9.10. The van der Waals surface area contributed by atoms with Gasteiger partial charge in [0, 0.05) is 29.5 Å². The number of nitrogens with zero attached hydrogens (tertiary/aromatic N) is 1. The van der Waals surface area contributed by atoms with Crippen LogP contribution in [0.4, 0.5) is 5.69 Å². The Balaban J connectivity index is 1.35. The second-order valence-electron chi connectivity index (χ2n) is 12.3. The predicted octanol–water partition coefficient (Wildman–Crippen LogP) is 3.80. The first kappa shape index (κ1) is 24.1. The molecule has 0 bridgehead atoms. The molecule has 6 rings (SSSR count). The van der Waals surface area contributed by atoms with E-state index in [1.807, 2.05) is 36.5 Å². The number of hydrogen-bond acceptors (Lipinski definition) is 7. The summed E-state index contributed by atoms with van der Waals surface area (Å²) in [4.78, 5) is 11.8. The summed E-state index contributed by atoms with van der Waals surface area (Å²) in [7, 11) is 0. The van der Waals surface area contributed by atoms with E-state index in [9.17, 15) is 20.1 Å². The van der Waals surface area contributed by atoms with Gasteiger partial charge in [-0.15, -0.1) is 0 Å². The third kappa shape index (κ3) is 3.35. The van der Waals surface area contributed by atoms with Gasteiger partial charge in [-0.05, 0) is 86.8 Å². The van der Waals surface area contributed by atoms with Gasteiger partial charge in [0.1, 0.15) is 6.61 Å². The Kier molecular flexibility index (Phi) is 5.63. The molecule has 1 aromatic rings. The highest BCUT2D eigenvalue weighted by Crippen LogP contribution is 2.70. The molecule has 4 saturated carbocycles. The average Bonchev–Trinajstić information content (AvgIpc) is 3.40. The van der Waals surface area contributed by atoms with E-state index in [2.05, 4.69) is 17.5 Å². The van der Waals surface area contributed by atoms with Crippen LogP contribution in [0.15, 0.2) is 47.1 Å². The Morgan fingerprint density at radius 3 is 2.56 bits per heavy atom. The molecule has 194 valence electrons. The minimum Gasteiger partial charge on any atom is -0.458 e. The summed E-state index contributed by atoms with van der Waals surface area (Å²) >= 11 is 0. The van der Waals surface area contributed by atoms with E-state index in [1.54, 1.807) is 6.08 Å². The number of anilines is 1. The lowest BCUT2D eigenvalue weighted by Gasteiger charge is -2.65. The number of aliphatic hydroxyl groups is 3. The minimum atomic E-state index is -1.05. The minimum absolute atomic E-state index is 0.0265. The molecule has 5 aliphatic rings. The number of ether oxygens (including phenoxy) is 1. The van der Waals surface area contributed by atoms with Crippen LogP contribution in [0.5, 0.6) is 0 Å². The largest absolute Gasteiger partial charge is 0.458 e. The molecule has 4 aliphatic carbocycles. The van der Waals surface area contributed by atoms with Gasteiger partial charge < -0.3 is 20.1 Å². The van der Waals surface area contributed by atoms with E-state index < -0.39 is 22.7 Å². The van der Waals surface area contributed by atoms with Crippen molar-refractivity contribution in [2.75, 3.05) is 12.0 Å². The topological polar surface area (TPSA) is 111 Å². The highest BCUT2D eigenvalue weighted by Gasteiger charge is 2.71. The number of carbonyl (C=O) groups is 1. The predicted molar refractivity (Wildman–Crippen MR) is 136 cm³/mol. The smallest absolute Gasteiger partial charge is 0.331 e. The van der Waals surface area contributed by atoms with Gasteiger partial charge in [-0.25, -0.2) is 4.79 Å². The molecule has 5 unspecified atom stereocenters. The van der Waals surface area contributed by atoms with Gasteiger partial charge in [0.05, 0.1) is 23.0 Å². The summed E-state index contributed by atoms with van der Waals surface area (Å²) in [5, 5.41) is 39.7. The van der Waals surface area contributed by atoms with E-state index in [1.165, 1.54) is 0 Å². The van der Waals surface area contributed by atoms with Gasteiger partial charge in [0.15, 0.2) is 0 Å². The highest BCUT2D eigenvalue weighted by atomic mass is 16.5. The summed E-state index contributed by atoms with van der Waals surface area (Å²) in [6.45, 7) is 2.54. The number of cyclic esters (lactones) is 1. The standard InChI is InChI=1S/C29H38N2O5/c1-26-11-8-23-24(29(26,35)14-10-22(26)19-15-25(33)36-17-19)9-13-28(34)16-21(32)7-12-27(23,28)18-30-31-20-5-3-2-4-6-20/h2-6,15,18,21-24,31-32,34-35H,7-14,16-17H2,1H3/b30-18-/t21-,22?,23+,24-,26?,27?,28?,29?/m1/s1. The summed E-state index contributed by atoms with van der Waals surface area (Å²) in [6.07, 6.45) is 9.15. The number of rotatable bonds is 4. The van der Waals surface area contributed by atoms with Crippen molar-refractivity contribution in [2.45, 2.75) is 82.0 Å². The molecule has 0 saturated heterocycles. The van der Waals surface area contributed by atoms with E-state index in [4.69, 9.17) is 4.74 Å². The maximum atomic E-state index is 12.5. The number of aliphatic hydroxyl groups excluding tert-OH is 1. The zero-order valence-electron chi connectivity index (χ0n) is 21.0. The lowest BCUT2D eigenvalue weighted by Crippen LogP contribution is -2.68. The van der Waals surface area contributed by atoms with Crippen molar-refractivity contribution < 1.29 is 24.9 Å². The van der Waals surface area contributed by atoms with Crippen molar-refractivity contribution in [3.8, 4) is 0 Å². The van der Waals surface area contributed by atoms with Crippen LogP contribution in [0, 0.1) is 28.6 Å². The fraction of sp³-hybridized carbons (Fsp3) is 0.655. The molecular formula is C29H38N2O5. The van der Waals surface area contributed by atoms with Crippen LogP contribution in [0.25, 0.3) is 0 Å². The monoisotopic (exact) mass is 494 g/mol. The molecule has 0 aromatic heterocycles. The van der Waals surface area contributed by atoms with Crippen LogP contribution in [-0.4, -0.2) is 51.4 Å². The maximum absolute atomic E-state index is 12.5. The number of hydrogen-bond donors (Lipinski definition) is 4. The molecule has 0 spiro atoms. The zero-order valence-corrected chi connectivity index (χ0v) is 21.0. The van der Waals surface area contributed by atoms with Gasteiger partial charge in [0.2, 0.25) is 0 Å². The lowest BCUT2D eigenvalue weighted by molar-refractivity contribution is -0.237. The Morgan fingerprint density at radius 2 is 1.81 bits per heavy atom. The highest BCUT2D eigenvalue weighted by molar-refractivity contribution is 5.85. The van der Waals surface area contributed by atoms with Crippen LogP contribution in [0.1, 0.15) is 64.7 Å². The first-order valence-electron chi connectivity index (χ1n) is 13.6. The number of carbonyl (C=O) groups excluding carboxylic acids is 1. The molecule has 36 heavy (non-hydrogen) atoms. The first-order chi connectivity index (χ1) is 17.2. The second kappa shape index (κ2) is 8.40. The molecule has 0 amide bonds. The molecule has 0 radical (unpaired) electrons. The Bertz CT molecular complexity index is 1090. The third-order valence-electron chi connectivity index (χ3n) is 10.9. The van der Waals surface area contributed by atoms with Crippen LogP contribution >= 0.6 is 0 Å². The molecule has 4 N–H and O–H groups in total. The van der Waals surface area contributed by atoms with Gasteiger partial charge in [-0.2, -0.15) is 5.10 Å². The summed E-state index contributed by atoms with van der Waals surface area (Å²) in [5.74, 6) is -0.0496. The van der Waals surface area contributed by atoms with E-state index >= 15 is 0 Å². The second-order valence-corrected chi connectivity index (χ2v) is 12.3. The van der Waals surface area contributed by atoms with Crippen molar-refractivity contribution in [3.63, 3.8) is 0 Å². The number of fused-ring (bicyclic) bond motifs is 5. The van der Waals surface area contributed by atoms with Crippen molar-refractivity contribution >= 4 is 17.9 Å². The molecule has 1 aliphatic heterocycles. The fourth-order valence-electron chi connectivity index (χ4n) is 9.10. The number of nitrogens with one attached hydrogen (secondary N) is 1. The normalized spacial score (nSPS) is 46.0. The Morgan fingerprint density at radius 1 is 1.03 bits per heavy atom.